The van der Waals surface area contributed by atoms with Crippen molar-refractivity contribution in [3.8, 4) is 5.88 Å². The fourth-order valence-electron chi connectivity index (χ4n) is 0.914. The number of nitrogens with two attached hydrogens (primary N) is 1. The molecule has 2 N–H and O–H groups in total. The Labute approximate surface area is 66.2 Å². The number of hydrogen-bond acceptors (Lipinski definition) is 3. The van der Waals surface area contributed by atoms with Crippen molar-refractivity contribution in [2.24, 2.45) is 5.73 Å². The van der Waals surface area contributed by atoms with Crippen LogP contribution in [0.2, 0.25) is 0 Å². The number of hydrogen-bond donors (Lipinski definition) is 1. The zero-order chi connectivity index (χ0) is 8.27. The van der Waals surface area contributed by atoms with Crippen molar-refractivity contribution in [1.29, 1.82) is 0 Å². The van der Waals surface area contributed by atoms with Crippen LogP contribution in [0.15, 0.2) is 12.1 Å². The van der Waals surface area contributed by atoms with Crippen LogP contribution in [-0.4, -0.2) is 12.1 Å². The fourth-order valence-corrected chi connectivity index (χ4v) is 0.914. The molecule has 3 nitrogen and oxygen atoms in total. The Bertz CT molecular complexity index is 226. The van der Waals surface area contributed by atoms with Gasteiger partial charge < -0.3 is 10.5 Å². The van der Waals surface area contributed by atoms with Crippen LogP contribution in [0.3, 0.4) is 0 Å². The van der Waals surface area contributed by atoms with Crippen molar-refractivity contribution in [2.45, 2.75) is 13.5 Å². The highest BCUT2D eigenvalue weighted by molar-refractivity contribution is 5.23. The molecule has 60 valence electrons. The van der Waals surface area contributed by atoms with Crippen molar-refractivity contribution in [2.75, 3.05) is 7.11 Å². The largest absolute Gasteiger partial charge is 0.481 e. The average molecular weight is 152 g/mol. The Kier molecular flexibility index (Phi) is 2.44. The molecule has 0 aliphatic rings. The molecule has 0 spiro atoms. The van der Waals surface area contributed by atoms with E-state index in [9.17, 15) is 0 Å². The lowest BCUT2D eigenvalue weighted by Gasteiger charge is -2.02. The van der Waals surface area contributed by atoms with Gasteiger partial charge in [0.05, 0.1) is 12.8 Å². The topological polar surface area (TPSA) is 48.1 Å². The van der Waals surface area contributed by atoms with Gasteiger partial charge in [-0.3, -0.25) is 0 Å². The minimum absolute atomic E-state index is 0.456. The van der Waals surface area contributed by atoms with Crippen LogP contribution < -0.4 is 10.5 Å². The highest BCUT2D eigenvalue weighted by Gasteiger charge is 1.97. The molecule has 0 aliphatic carbocycles. The van der Waals surface area contributed by atoms with Crippen LogP contribution in [0.1, 0.15) is 11.3 Å². The summed E-state index contributed by atoms with van der Waals surface area (Å²) in [5, 5.41) is 0. The first-order valence-electron chi connectivity index (χ1n) is 3.48. The van der Waals surface area contributed by atoms with Gasteiger partial charge in [0.2, 0.25) is 5.88 Å². The molecular weight excluding hydrogens is 140 g/mol. The van der Waals surface area contributed by atoms with Gasteiger partial charge in [0, 0.05) is 12.6 Å². The summed E-state index contributed by atoms with van der Waals surface area (Å²) in [6.07, 6.45) is 0. The number of nitrogens with zero attached hydrogens (tertiary/aromatic N) is 1. The number of aromatic nitrogens is 1. The Morgan fingerprint density at radius 2 is 2.27 bits per heavy atom. The van der Waals surface area contributed by atoms with E-state index >= 15 is 0 Å². The van der Waals surface area contributed by atoms with Gasteiger partial charge in [-0.2, -0.15) is 0 Å². The molecule has 0 fully saturated rings. The van der Waals surface area contributed by atoms with Crippen LogP contribution in [0.4, 0.5) is 0 Å². The van der Waals surface area contributed by atoms with Gasteiger partial charge in [-0.1, -0.05) is 0 Å². The molecule has 0 aromatic carbocycles. The van der Waals surface area contributed by atoms with Gasteiger partial charge in [-0.15, -0.1) is 0 Å². The summed E-state index contributed by atoms with van der Waals surface area (Å²) in [4.78, 5) is 4.12. The highest BCUT2D eigenvalue weighted by atomic mass is 16.5. The number of methoxy groups -OCH3 is 1. The van der Waals surface area contributed by atoms with E-state index in [-0.39, 0.29) is 0 Å². The van der Waals surface area contributed by atoms with E-state index in [2.05, 4.69) is 4.98 Å². The standard InChI is InChI=1S/C8H12N2O/c1-6-3-7(5-9)10-8(4-6)11-2/h3-4H,5,9H2,1-2H3. The number of aryl methyl sites for hydroxylation is 1. The number of pyridine rings is 1. The second kappa shape index (κ2) is 3.34. The molecule has 0 atom stereocenters. The van der Waals surface area contributed by atoms with E-state index in [0.29, 0.717) is 12.4 Å². The van der Waals surface area contributed by atoms with E-state index in [4.69, 9.17) is 10.5 Å². The van der Waals surface area contributed by atoms with Gasteiger partial charge in [-0.25, -0.2) is 4.98 Å². The molecule has 1 aromatic heterocycles. The molecule has 0 unspecified atom stereocenters. The molecule has 0 radical (unpaired) electrons. The molecule has 0 amide bonds. The van der Waals surface area contributed by atoms with E-state index in [1.807, 2.05) is 19.1 Å². The molecular formula is C8H12N2O. The summed E-state index contributed by atoms with van der Waals surface area (Å²) in [5.41, 5.74) is 7.41. The van der Waals surface area contributed by atoms with Crippen molar-refractivity contribution in [3.63, 3.8) is 0 Å². The Morgan fingerprint density at radius 1 is 1.55 bits per heavy atom. The summed E-state index contributed by atoms with van der Waals surface area (Å²) in [7, 11) is 1.60. The number of rotatable bonds is 2. The van der Waals surface area contributed by atoms with Crippen LogP contribution in [0.5, 0.6) is 5.88 Å². The Hall–Kier alpha value is -1.09. The zero-order valence-electron chi connectivity index (χ0n) is 6.79. The molecule has 1 heterocycles. The van der Waals surface area contributed by atoms with E-state index in [1.165, 1.54) is 0 Å². The van der Waals surface area contributed by atoms with Crippen LogP contribution in [0.25, 0.3) is 0 Å². The maximum atomic E-state index is 5.42. The molecule has 0 aliphatic heterocycles. The molecule has 3 heteroatoms. The summed E-state index contributed by atoms with van der Waals surface area (Å²) in [6, 6.07) is 3.82. The van der Waals surface area contributed by atoms with Gasteiger partial charge in [0.1, 0.15) is 0 Å². The van der Waals surface area contributed by atoms with Crippen LogP contribution >= 0.6 is 0 Å². The summed E-state index contributed by atoms with van der Waals surface area (Å²) < 4.78 is 4.97. The summed E-state index contributed by atoms with van der Waals surface area (Å²) in [6.45, 7) is 2.45. The lowest BCUT2D eigenvalue weighted by molar-refractivity contribution is 0.396. The third kappa shape index (κ3) is 1.91. The molecule has 0 saturated carbocycles. The lowest BCUT2D eigenvalue weighted by atomic mass is 10.2. The first-order chi connectivity index (χ1) is 5.26. The monoisotopic (exact) mass is 152 g/mol. The minimum atomic E-state index is 0.456. The summed E-state index contributed by atoms with van der Waals surface area (Å²) >= 11 is 0. The molecule has 0 saturated heterocycles. The summed E-state index contributed by atoms with van der Waals surface area (Å²) in [5.74, 6) is 0.630. The van der Waals surface area contributed by atoms with Crippen molar-refractivity contribution in [3.05, 3.63) is 23.4 Å². The minimum Gasteiger partial charge on any atom is -0.481 e. The molecule has 1 rings (SSSR count). The Balaban J connectivity index is 3.02. The van der Waals surface area contributed by atoms with Gasteiger partial charge in [0.15, 0.2) is 0 Å². The first-order valence-corrected chi connectivity index (χ1v) is 3.48. The molecule has 11 heavy (non-hydrogen) atoms. The predicted octanol–water partition coefficient (Wildman–Crippen LogP) is 0.857. The second-order valence-electron chi connectivity index (χ2n) is 2.38. The van der Waals surface area contributed by atoms with Gasteiger partial charge in [0.25, 0.3) is 0 Å². The third-order valence-electron chi connectivity index (χ3n) is 1.42. The maximum Gasteiger partial charge on any atom is 0.213 e. The van der Waals surface area contributed by atoms with Gasteiger partial charge in [-0.05, 0) is 18.6 Å². The van der Waals surface area contributed by atoms with E-state index in [1.54, 1.807) is 7.11 Å². The van der Waals surface area contributed by atoms with Crippen molar-refractivity contribution < 1.29 is 4.74 Å². The average Bonchev–Trinajstić information content (AvgIpc) is 2.03. The second-order valence-corrected chi connectivity index (χ2v) is 2.38. The van der Waals surface area contributed by atoms with Gasteiger partial charge >= 0.3 is 0 Å². The van der Waals surface area contributed by atoms with E-state index in [0.717, 1.165) is 11.3 Å². The predicted molar refractivity (Wildman–Crippen MR) is 43.4 cm³/mol. The maximum absolute atomic E-state index is 5.42. The van der Waals surface area contributed by atoms with E-state index < -0.39 is 0 Å². The molecule has 0 bridgehead atoms. The highest BCUT2D eigenvalue weighted by Crippen LogP contribution is 2.10. The molecule has 1 aromatic rings. The quantitative estimate of drug-likeness (QED) is 0.683. The fraction of sp³-hybridized carbons (Fsp3) is 0.375. The smallest absolute Gasteiger partial charge is 0.213 e. The van der Waals surface area contributed by atoms with Crippen molar-refractivity contribution in [1.82, 2.24) is 4.98 Å². The Morgan fingerprint density at radius 3 is 2.82 bits per heavy atom. The van der Waals surface area contributed by atoms with Crippen LogP contribution in [0, 0.1) is 6.92 Å². The first kappa shape index (κ1) is 8.01. The zero-order valence-corrected chi connectivity index (χ0v) is 6.79. The lowest BCUT2D eigenvalue weighted by Crippen LogP contribution is -2.01. The normalized spacial score (nSPS) is 9.73. The van der Waals surface area contributed by atoms with Crippen LogP contribution in [-0.2, 0) is 6.54 Å². The SMILES string of the molecule is COc1cc(C)cc(CN)n1. The van der Waals surface area contributed by atoms with Crippen molar-refractivity contribution >= 4 is 0 Å². The number of ether oxygens (including phenoxy) is 1. The third-order valence-corrected chi connectivity index (χ3v) is 1.42.